The molecule has 0 radical (unpaired) electrons. The second-order valence-corrected chi connectivity index (χ2v) is 5.75. The van der Waals surface area contributed by atoms with Crippen molar-refractivity contribution in [3.8, 4) is 0 Å². The van der Waals surface area contributed by atoms with E-state index < -0.39 is 0 Å². The Bertz CT molecular complexity index is 419. The lowest BCUT2D eigenvalue weighted by atomic mass is 9.98. The Balaban J connectivity index is 2.13. The summed E-state index contributed by atoms with van der Waals surface area (Å²) in [7, 11) is 0. The number of halogens is 1. The minimum absolute atomic E-state index is 0.115. The fourth-order valence-corrected chi connectivity index (χ4v) is 3.08. The molecule has 1 aromatic rings. The van der Waals surface area contributed by atoms with Crippen LogP contribution in [0.2, 0.25) is 0 Å². The molecule has 0 aliphatic carbocycles. The van der Waals surface area contributed by atoms with Gasteiger partial charge in [-0.3, -0.25) is 0 Å². The normalized spacial score (nSPS) is 19.4. The third-order valence-corrected chi connectivity index (χ3v) is 4.13. The van der Waals surface area contributed by atoms with E-state index in [9.17, 15) is 4.39 Å². The standard InChI is InChI=1S/C17H27FN2/c1-3-8-19-13-14-10-15(18)12-17(11-14)20-9-6-5-7-16(20)4-2/h10-12,16,19H,3-9,13H2,1-2H3. The molecule has 1 fully saturated rings. The SMILES string of the molecule is CCCNCc1cc(F)cc(N2CCCCC2CC)c1. The number of rotatable bonds is 6. The molecule has 0 bridgehead atoms. The summed E-state index contributed by atoms with van der Waals surface area (Å²) in [6.45, 7) is 7.16. The van der Waals surface area contributed by atoms with Crippen LogP contribution in [0.3, 0.4) is 0 Å². The molecule has 3 heteroatoms. The van der Waals surface area contributed by atoms with Crippen LogP contribution in [0.1, 0.15) is 51.5 Å². The van der Waals surface area contributed by atoms with Gasteiger partial charge in [0.2, 0.25) is 0 Å². The molecule has 1 N–H and O–H groups in total. The molecule has 0 spiro atoms. The van der Waals surface area contributed by atoms with E-state index in [2.05, 4.69) is 30.1 Å². The number of hydrogen-bond donors (Lipinski definition) is 1. The van der Waals surface area contributed by atoms with Crippen LogP contribution in [0.4, 0.5) is 10.1 Å². The van der Waals surface area contributed by atoms with Crippen molar-refractivity contribution in [3.05, 3.63) is 29.6 Å². The highest BCUT2D eigenvalue weighted by Gasteiger charge is 2.21. The first-order chi connectivity index (χ1) is 9.74. The van der Waals surface area contributed by atoms with Gasteiger partial charge in [-0.1, -0.05) is 13.8 Å². The molecule has 112 valence electrons. The van der Waals surface area contributed by atoms with Gasteiger partial charge in [-0.25, -0.2) is 4.39 Å². The average molecular weight is 278 g/mol. The molecular formula is C17H27FN2. The smallest absolute Gasteiger partial charge is 0.125 e. The molecule has 1 heterocycles. The van der Waals surface area contributed by atoms with Gasteiger partial charge < -0.3 is 10.2 Å². The number of nitrogens with zero attached hydrogens (tertiary/aromatic N) is 1. The molecule has 1 aromatic carbocycles. The highest BCUT2D eigenvalue weighted by molar-refractivity contribution is 5.50. The van der Waals surface area contributed by atoms with Crippen LogP contribution in [-0.2, 0) is 6.54 Å². The zero-order valence-corrected chi connectivity index (χ0v) is 12.8. The number of anilines is 1. The van der Waals surface area contributed by atoms with Crippen LogP contribution >= 0.6 is 0 Å². The summed E-state index contributed by atoms with van der Waals surface area (Å²) in [5.41, 5.74) is 2.11. The maximum absolute atomic E-state index is 13.9. The molecule has 1 atom stereocenters. The molecule has 2 nitrogen and oxygen atoms in total. The monoisotopic (exact) mass is 278 g/mol. The van der Waals surface area contributed by atoms with Crippen LogP contribution in [-0.4, -0.2) is 19.1 Å². The van der Waals surface area contributed by atoms with Crippen molar-refractivity contribution >= 4 is 5.69 Å². The van der Waals surface area contributed by atoms with Crippen LogP contribution in [0.15, 0.2) is 18.2 Å². The van der Waals surface area contributed by atoms with Crippen molar-refractivity contribution in [3.63, 3.8) is 0 Å². The van der Waals surface area contributed by atoms with Crippen molar-refractivity contribution < 1.29 is 4.39 Å². The van der Waals surface area contributed by atoms with Gasteiger partial charge in [0.15, 0.2) is 0 Å². The largest absolute Gasteiger partial charge is 0.368 e. The molecule has 1 saturated heterocycles. The third-order valence-electron chi connectivity index (χ3n) is 4.13. The Morgan fingerprint density at radius 1 is 1.25 bits per heavy atom. The Morgan fingerprint density at radius 2 is 2.10 bits per heavy atom. The lowest BCUT2D eigenvalue weighted by Crippen LogP contribution is -2.39. The zero-order chi connectivity index (χ0) is 14.4. The second kappa shape index (κ2) is 7.63. The van der Waals surface area contributed by atoms with Crippen molar-refractivity contribution in [1.82, 2.24) is 5.32 Å². The molecule has 0 amide bonds. The van der Waals surface area contributed by atoms with E-state index >= 15 is 0 Å². The molecule has 1 aliphatic heterocycles. The molecule has 20 heavy (non-hydrogen) atoms. The lowest BCUT2D eigenvalue weighted by molar-refractivity contribution is 0.449. The number of hydrogen-bond acceptors (Lipinski definition) is 2. The highest BCUT2D eigenvalue weighted by atomic mass is 19.1. The van der Waals surface area contributed by atoms with Crippen molar-refractivity contribution in [2.75, 3.05) is 18.0 Å². The first-order valence-corrected chi connectivity index (χ1v) is 8.01. The first-order valence-electron chi connectivity index (χ1n) is 8.01. The van der Waals surface area contributed by atoms with Gasteiger partial charge in [-0.15, -0.1) is 0 Å². The Kier molecular flexibility index (Phi) is 5.84. The Labute approximate surface area is 122 Å². The summed E-state index contributed by atoms with van der Waals surface area (Å²) in [6, 6.07) is 6.07. The molecule has 1 unspecified atom stereocenters. The zero-order valence-electron chi connectivity index (χ0n) is 12.8. The summed E-state index contributed by atoms with van der Waals surface area (Å²) in [5, 5.41) is 3.35. The van der Waals surface area contributed by atoms with E-state index in [0.29, 0.717) is 6.04 Å². The van der Waals surface area contributed by atoms with E-state index in [1.807, 2.05) is 0 Å². The molecule has 1 aliphatic rings. The van der Waals surface area contributed by atoms with Gasteiger partial charge in [0.05, 0.1) is 0 Å². The van der Waals surface area contributed by atoms with Crippen LogP contribution in [0.25, 0.3) is 0 Å². The van der Waals surface area contributed by atoms with Gasteiger partial charge in [0, 0.05) is 24.8 Å². The first kappa shape index (κ1) is 15.3. The van der Waals surface area contributed by atoms with Crippen LogP contribution in [0, 0.1) is 5.82 Å². The minimum Gasteiger partial charge on any atom is -0.368 e. The number of benzene rings is 1. The summed E-state index contributed by atoms with van der Waals surface area (Å²) >= 11 is 0. The number of piperidine rings is 1. The molecule has 0 saturated carbocycles. The lowest BCUT2D eigenvalue weighted by Gasteiger charge is -2.37. The fourth-order valence-electron chi connectivity index (χ4n) is 3.08. The van der Waals surface area contributed by atoms with Gasteiger partial charge in [-0.05, 0) is 62.4 Å². The highest BCUT2D eigenvalue weighted by Crippen LogP contribution is 2.28. The van der Waals surface area contributed by atoms with Gasteiger partial charge >= 0.3 is 0 Å². The minimum atomic E-state index is -0.115. The topological polar surface area (TPSA) is 15.3 Å². The predicted molar refractivity (Wildman–Crippen MR) is 83.7 cm³/mol. The van der Waals surface area contributed by atoms with Gasteiger partial charge in [0.25, 0.3) is 0 Å². The maximum Gasteiger partial charge on any atom is 0.125 e. The van der Waals surface area contributed by atoms with Crippen LogP contribution < -0.4 is 10.2 Å². The predicted octanol–water partition coefficient (Wildman–Crippen LogP) is 4.09. The summed E-state index contributed by atoms with van der Waals surface area (Å²) in [6.07, 6.45) is 5.99. The third kappa shape index (κ3) is 3.95. The van der Waals surface area contributed by atoms with Crippen molar-refractivity contribution in [2.24, 2.45) is 0 Å². The van der Waals surface area contributed by atoms with Crippen molar-refractivity contribution in [2.45, 2.75) is 58.5 Å². The quantitative estimate of drug-likeness (QED) is 0.788. The van der Waals surface area contributed by atoms with E-state index in [0.717, 1.165) is 43.7 Å². The fraction of sp³-hybridized carbons (Fsp3) is 0.647. The Hall–Kier alpha value is -1.09. The summed E-state index contributed by atoms with van der Waals surface area (Å²) in [4.78, 5) is 2.40. The summed E-state index contributed by atoms with van der Waals surface area (Å²) < 4.78 is 13.9. The van der Waals surface area contributed by atoms with E-state index in [1.165, 1.54) is 19.3 Å². The van der Waals surface area contributed by atoms with Crippen molar-refractivity contribution in [1.29, 1.82) is 0 Å². The maximum atomic E-state index is 13.9. The number of nitrogens with one attached hydrogen (secondary N) is 1. The Morgan fingerprint density at radius 3 is 2.85 bits per heavy atom. The van der Waals surface area contributed by atoms with Gasteiger partial charge in [0.1, 0.15) is 5.82 Å². The molecular weight excluding hydrogens is 251 g/mol. The van der Waals surface area contributed by atoms with E-state index in [4.69, 9.17) is 0 Å². The van der Waals surface area contributed by atoms with Crippen LogP contribution in [0.5, 0.6) is 0 Å². The van der Waals surface area contributed by atoms with E-state index in [-0.39, 0.29) is 5.82 Å². The summed E-state index contributed by atoms with van der Waals surface area (Å²) in [5.74, 6) is -0.115. The van der Waals surface area contributed by atoms with E-state index in [1.54, 1.807) is 12.1 Å². The molecule has 2 rings (SSSR count). The van der Waals surface area contributed by atoms with Gasteiger partial charge in [-0.2, -0.15) is 0 Å². The molecule has 0 aromatic heterocycles. The average Bonchev–Trinajstić information content (AvgIpc) is 2.47. The second-order valence-electron chi connectivity index (χ2n) is 5.75.